The summed E-state index contributed by atoms with van der Waals surface area (Å²) >= 11 is 0. The fourth-order valence-corrected chi connectivity index (χ4v) is 2.06. The highest BCUT2D eigenvalue weighted by Crippen LogP contribution is 2.20. The summed E-state index contributed by atoms with van der Waals surface area (Å²) in [7, 11) is 0. The molecule has 0 aromatic heterocycles. The van der Waals surface area contributed by atoms with Crippen molar-refractivity contribution in [3.8, 4) is 0 Å². The van der Waals surface area contributed by atoms with Gasteiger partial charge in [0, 0.05) is 17.3 Å². The predicted molar refractivity (Wildman–Crippen MR) is 83.1 cm³/mol. The summed E-state index contributed by atoms with van der Waals surface area (Å²) in [6.07, 6.45) is 3.23. The van der Waals surface area contributed by atoms with Gasteiger partial charge < -0.3 is 16.4 Å². The highest BCUT2D eigenvalue weighted by Gasteiger charge is 2.30. The van der Waals surface area contributed by atoms with Crippen molar-refractivity contribution in [2.24, 2.45) is 5.73 Å². The summed E-state index contributed by atoms with van der Waals surface area (Å²) in [5, 5.41) is 5.73. The molecular weight excluding hydrogens is 266 g/mol. The molecule has 1 aliphatic carbocycles. The molecule has 1 saturated carbocycles. The van der Waals surface area contributed by atoms with Crippen molar-refractivity contribution in [2.75, 3.05) is 5.32 Å². The van der Waals surface area contributed by atoms with Gasteiger partial charge in [0.15, 0.2) is 0 Å². The second-order valence-electron chi connectivity index (χ2n) is 5.65. The monoisotopic (exact) mass is 289 g/mol. The summed E-state index contributed by atoms with van der Waals surface area (Å²) in [4.78, 5) is 24.2. The molecule has 0 heterocycles. The third-order valence-corrected chi connectivity index (χ3v) is 4.01. The average Bonchev–Trinajstić information content (AvgIpc) is 3.30. The molecule has 1 aromatic rings. The van der Waals surface area contributed by atoms with Gasteiger partial charge in [-0.3, -0.25) is 9.59 Å². The molecular formula is C16H23N3O2. The quantitative estimate of drug-likeness (QED) is 0.749. The summed E-state index contributed by atoms with van der Waals surface area (Å²) in [6, 6.07) is 7.25. The van der Waals surface area contributed by atoms with Gasteiger partial charge in [-0.05, 0) is 43.9 Å². The van der Waals surface area contributed by atoms with Crippen molar-refractivity contribution in [3.63, 3.8) is 0 Å². The van der Waals surface area contributed by atoms with Gasteiger partial charge in [0.1, 0.15) is 0 Å². The van der Waals surface area contributed by atoms with E-state index in [4.69, 9.17) is 5.73 Å². The summed E-state index contributed by atoms with van der Waals surface area (Å²) in [5.74, 6) is -0.314. The Hall–Kier alpha value is -1.88. The molecule has 1 aromatic carbocycles. The molecule has 0 spiro atoms. The van der Waals surface area contributed by atoms with E-state index in [1.165, 1.54) is 0 Å². The van der Waals surface area contributed by atoms with Crippen LogP contribution in [0.5, 0.6) is 0 Å². The summed E-state index contributed by atoms with van der Waals surface area (Å²) in [6.45, 7) is 3.78. The lowest BCUT2D eigenvalue weighted by Crippen LogP contribution is -2.50. The van der Waals surface area contributed by atoms with Gasteiger partial charge in [-0.15, -0.1) is 0 Å². The van der Waals surface area contributed by atoms with E-state index in [0.29, 0.717) is 30.1 Å². The zero-order chi connectivity index (χ0) is 15.5. The Balaban J connectivity index is 2.06. The Morgan fingerprint density at radius 2 is 1.95 bits per heavy atom. The number of hydrogen-bond donors (Lipinski definition) is 3. The molecule has 4 N–H and O–H groups in total. The Bertz CT molecular complexity index is 534. The molecule has 2 amide bonds. The van der Waals surface area contributed by atoms with E-state index in [-0.39, 0.29) is 11.8 Å². The van der Waals surface area contributed by atoms with Crippen LogP contribution in [0.3, 0.4) is 0 Å². The molecule has 0 aliphatic heterocycles. The number of rotatable bonds is 6. The molecule has 0 bridgehead atoms. The number of benzene rings is 1. The Labute approximate surface area is 125 Å². The number of nitrogens with one attached hydrogen (secondary N) is 2. The van der Waals surface area contributed by atoms with Gasteiger partial charge in [0.25, 0.3) is 5.91 Å². The third-order valence-electron chi connectivity index (χ3n) is 4.01. The van der Waals surface area contributed by atoms with Crippen LogP contribution in [0.15, 0.2) is 24.3 Å². The molecule has 114 valence electrons. The van der Waals surface area contributed by atoms with Crippen LogP contribution in [-0.2, 0) is 4.79 Å². The minimum atomic E-state index is -0.869. The van der Waals surface area contributed by atoms with Crippen LogP contribution in [0, 0.1) is 0 Å². The number of carbonyl (C=O) groups is 2. The molecule has 2 rings (SSSR count). The Kier molecular flexibility index (Phi) is 4.63. The Morgan fingerprint density at radius 3 is 2.52 bits per heavy atom. The lowest BCUT2D eigenvalue weighted by molar-refractivity contribution is -0.121. The zero-order valence-electron chi connectivity index (χ0n) is 12.6. The minimum absolute atomic E-state index is 0.0985. The topological polar surface area (TPSA) is 84.2 Å². The van der Waals surface area contributed by atoms with E-state index in [0.717, 1.165) is 12.8 Å². The maximum absolute atomic E-state index is 12.2. The van der Waals surface area contributed by atoms with E-state index < -0.39 is 5.54 Å². The molecule has 0 atom stereocenters. The van der Waals surface area contributed by atoms with Gasteiger partial charge in [-0.1, -0.05) is 19.9 Å². The van der Waals surface area contributed by atoms with E-state index in [2.05, 4.69) is 10.6 Å². The van der Waals surface area contributed by atoms with Gasteiger partial charge in [-0.25, -0.2) is 0 Å². The Morgan fingerprint density at radius 1 is 1.29 bits per heavy atom. The minimum Gasteiger partial charge on any atom is -0.349 e. The van der Waals surface area contributed by atoms with Crippen LogP contribution < -0.4 is 16.4 Å². The van der Waals surface area contributed by atoms with Gasteiger partial charge >= 0.3 is 0 Å². The SMILES string of the molecule is CCC(N)(CC)C(=O)Nc1cccc(C(=O)NC2CC2)c1. The van der Waals surface area contributed by atoms with Crippen LogP contribution in [0.4, 0.5) is 5.69 Å². The molecule has 1 aliphatic rings. The fourth-order valence-electron chi connectivity index (χ4n) is 2.06. The van der Waals surface area contributed by atoms with Crippen molar-refractivity contribution in [1.82, 2.24) is 5.32 Å². The lowest BCUT2D eigenvalue weighted by atomic mass is 9.93. The molecule has 5 heteroatoms. The molecule has 5 nitrogen and oxygen atoms in total. The van der Waals surface area contributed by atoms with Crippen LogP contribution in [0.2, 0.25) is 0 Å². The van der Waals surface area contributed by atoms with E-state index in [9.17, 15) is 9.59 Å². The van der Waals surface area contributed by atoms with Gasteiger partial charge in [0.05, 0.1) is 5.54 Å². The van der Waals surface area contributed by atoms with Crippen LogP contribution in [-0.4, -0.2) is 23.4 Å². The third kappa shape index (κ3) is 3.82. The van der Waals surface area contributed by atoms with E-state index in [1.54, 1.807) is 24.3 Å². The zero-order valence-corrected chi connectivity index (χ0v) is 12.6. The first-order valence-corrected chi connectivity index (χ1v) is 7.49. The molecule has 0 radical (unpaired) electrons. The van der Waals surface area contributed by atoms with Crippen molar-refractivity contribution < 1.29 is 9.59 Å². The maximum Gasteiger partial charge on any atom is 0.251 e. The first-order valence-electron chi connectivity index (χ1n) is 7.49. The number of anilines is 1. The first kappa shape index (κ1) is 15.5. The lowest BCUT2D eigenvalue weighted by Gasteiger charge is -2.25. The molecule has 21 heavy (non-hydrogen) atoms. The summed E-state index contributed by atoms with van der Waals surface area (Å²) < 4.78 is 0. The highest BCUT2D eigenvalue weighted by molar-refractivity contribution is 6.00. The highest BCUT2D eigenvalue weighted by atomic mass is 16.2. The number of hydrogen-bond acceptors (Lipinski definition) is 3. The van der Waals surface area contributed by atoms with Crippen molar-refractivity contribution >= 4 is 17.5 Å². The van der Waals surface area contributed by atoms with Crippen molar-refractivity contribution in [1.29, 1.82) is 0 Å². The predicted octanol–water partition coefficient (Wildman–Crippen LogP) is 2.03. The summed E-state index contributed by atoms with van der Waals surface area (Å²) in [5.41, 5.74) is 6.35. The van der Waals surface area contributed by atoms with Gasteiger partial charge in [0.2, 0.25) is 5.91 Å². The molecule has 0 unspecified atom stereocenters. The first-order chi connectivity index (χ1) is 9.98. The van der Waals surface area contributed by atoms with Crippen molar-refractivity contribution in [3.05, 3.63) is 29.8 Å². The molecule has 0 saturated heterocycles. The van der Waals surface area contributed by atoms with Crippen LogP contribution in [0.1, 0.15) is 49.9 Å². The number of nitrogens with two attached hydrogens (primary N) is 1. The van der Waals surface area contributed by atoms with E-state index >= 15 is 0 Å². The van der Waals surface area contributed by atoms with E-state index in [1.807, 2.05) is 13.8 Å². The van der Waals surface area contributed by atoms with Gasteiger partial charge in [-0.2, -0.15) is 0 Å². The normalized spacial score (nSPS) is 14.6. The molecule has 1 fully saturated rings. The van der Waals surface area contributed by atoms with Crippen LogP contribution >= 0.6 is 0 Å². The number of carbonyl (C=O) groups excluding carboxylic acids is 2. The maximum atomic E-state index is 12.2. The number of amides is 2. The fraction of sp³-hybridized carbons (Fsp3) is 0.500. The second kappa shape index (κ2) is 6.26. The second-order valence-corrected chi connectivity index (χ2v) is 5.65. The van der Waals surface area contributed by atoms with Crippen molar-refractivity contribution in [2.45, 2.75) is 51.1 Å². The smallest absolute Gasteiger partial charge is 0.251 e. The standard InChI is InChI=1S/C16H23N3O2/c1-3-16(17,4-2)15(21)19-13-7-5-6-11(10-13)14(20)18-12-8-9-12/h5-7,10,12H,3-4,8-9,17H2,1-2H3,(H,18,20)(H,19,21). The average molecular weight is 289 g/mol. The largest absolute Gasteiger partial charge is 0.349 e. The van der Waals surface area contributed by atoms with Crippen LogP contribution in [0.25, 0.3) is 0 Å².